The monoisotopic (exact) mass is 266 g/mol. The number of alkyl halides is 3. The van der Waals surface area contributed by atoms with Crippen molar-refractivity contribution >= 4 is 0 Å². The summed E-state index contributed by atoms with van der Waals surface area (Å²) in [6.45, 7) is 1.97. The summed E-state index contributed by atoms with van der Waals surface area (Å²) < 4.78 is 38.1. The van der Waals surface area contributed by atoms with Gasteiger partial charge in [0.1, 0.15) is 5.75 Å². The molecular weight excluding hydrogens is 253 g/mol. The molecule has 100 valence electrons. The van der Waals surface area contributed by atoms with Gasteiger partial charge in [-0.05, 0) is 41.3 Å². The van der Waals surface area contributed by atoms with Crippen LogP contribution in [0.2, 0.25) is 0 Å². The summed E-state index contributed by atoms with van der Waals surface area (Å²) in [6, 6.07) is 10.4. The summed E-state index contributed by atoms with van der Waals surface area (Å²) >= 11 is 0. The molecule has 0 aliphatic heterocycles. The summed E-state index contributed by atoms with van der Waals surface area (Å²) in [6.07, 6.45) is -3.66. The molecule has 0 aliphatic carbocycles. The number of aryl methyl sites for hydroxylation is 1. The van der Waals surface area contributed by atoms with E-state index in [4.69, 9.17) is 0 Å². The molecule has 0 saturated carbocycles. The maximum Gasteiger partial charge on any atom is 0.416 e. The fourth-order valence-electron chi connectivity index (χ4n) is 1.91. The highest BCUT2D eigenvalue weighted by atomic mass is 19.4. The van der Waals surface area contributed by atoms with E-state index in [1.54, 1.807) is 12.1 Å². The van der Waals surface area contributed by atoms with Crippen molar-refractivity contribution in [3.63, 3.8) is 0 Å². The zero-order valence-electron chi connectivity index (χ0n) is 10.3. The molecule has 0 amide bonds. The van der Waals surface area contributed by atoms with Crippen LogP contribution in [0.15, 0.2) is 42.5 Å². The van der Waals surface area contributed by atoms with Gasteiger partial charge in [-0.3, -0.25) is 0 Å². The zero-order valence-corrected chi connectivity index (χ0v) is 10.3. The lowest BCUT2D eigenvalue weighted by Crippen LogP contribution is -2.04. The van der Waals surface area contributed by atoms with Crippen LogP contribution in [-0.2, 0) is 12.6 Å². The van der Waals surface area contributed by atoms with E-state index in [9.17, 15) is 18.3 Å². The summed E-state index contributed by atoms with van der Waals surface area (Å²) in [5.41, 5.74) is 1.22. The molecule has 0 unspecified atom stereocenters. The van der Waals surface area contributed by atoms with Gasteiger partial charge in [0, 0.05) is 0 Å². The van der Waals surface area contributed by atoms with Gasteiger partial charge in [-0.2, -0.15) is 13.2 Å². The first kappa shape index (κ1) is 13.5. The predicted molar refractivity (Wildman–Crippen MR) is 67.9 cm³/mol. The third-order valence-electron chi connectivity index (χ3n) is 2.91. The van der Waals surface area contributed by atoms with Crippen molar-refractivity contribution in [3.8, 4) is 16.9 Å². The average Bonchev–Trinajstić information content (AvgIpc) is 2.37. The van der Waals surface area contributed by atoms with Crippen molar-refractivity contribution in [2.75, 3.05) is 0 Å². The van der Waals surface area contributed by atoms with Crippen LogP contribution in [0.4, 0.5) is 13.2 Å². The Labute approximate surface area is 109 Å². The van der Waals surface area contributed by atoms with Gasteiger partial charge in [0.15, 0.2) is 0 Å². The fourth-order valence-corrected chi connectivity index (χ4v) is 1.91. The Morgan fingerprint density at radius 2 is 1.74 bits per heavy atom. The Bertz CT molecular complexity index is 588. The number of hydrogen-bond donors (Lipinski definition) is 1. The molecule has 2 aromatic rings. The van der Waals surface area contributed by atoms with E-state index in [1.807, 2.05) is 19.1 Å². The highest BCUT2D eigenvalue weighted by Gasteiger charge is 2.31. The van der Waals surface area contributed by atoms with E-state index in [-0.39, 0.29) is 5.75 Å². The summed E-state index contributed by atoms with van der Waals surface area (Å²) in [7, 11) is 0. The van der Waals surface area contributed by atoms with Gasteiger partial charge in [0.2, 0.25) is 0 Å². The lowest BCUT2D eigenvalue weighted by molar-refractivity contribution is -0.137. The third kappa shape index (κ3) is 3.08. The molecule has 0 bridgehead atoms. The molecule has 0 aliphatic rings. The minimum atomic E-state index is -4.46. The van der Waals surface area contributed by atoms with Crippen LogP contribution in [-0.4, -0.2) is 5.11 Å². The minimum Gasteiger partial charge on any atom is -0.508 e. The van der Waals surface area contributed by atoms with E-state index in [0.29, 0.717) is 11.1 Å². The fraction of sp³-hybridized carbons (Fsp3) is 0.200. The van der Waals surface area contributed by atoms with Crippen molar-refractivity contribution in [2.45, 2.75) is 19.5 Å². The van der Waals surface area contributed by atoms with Crippen LogP contribution in [0, 0.1) is 0 Å². The second-order valence-corrected chi connectivity index (χ2v) is 4.32. The number of benzene rings is 2. The molecular formula is C15H13F3O. The highest BCUT2D eigenvalue weighted by molar-refractivity contribution is 5.67. The van der Waals surface area contributed by atoms with E-state index >= 15 is 0 Å². The van der Waals surface area contributed by atoms with Crippen molar-refractivity contribution in [2.24, 2.45) is 0 Å². The Hall–Kier alpha value is -1.97. The van der Waals surface area contributed by atoms with Crippen LogP contribution in [0.5, 0.6) is 5.75 Å². The molecule has 0 fully saturated rings. The maximum atomic E-state index is 12.7. The number of aromatic hydroxyl groups is 1. The van der Waals surface area contributed by atoms with Gasteiger partial charge in [-0.25, -0.2) is 0 Å². The molecule has 0 heterocycles. The van der Waals surface area contributed by atoms with Gasteiger partial charge < -0.3 is 5.11 Å². The van der Waals surface area contributed by atoms with Crippen molar-refractivity contribution in [3.05, 3.63) is 53.6 Å². The van der Waals surface area contributed by atoms with Gasteiger partial charge in [-0.1, -0.05) is 31.2 Å². The first-order chi connectivity index (χ1) is 8.90. The predicted octanol–water partition coefficient (Wildman–Crippen LogP) is 4.64. The normalized spacial score (nSPS) is 11.6. The molecule has 1 nitrogen and oxygen atoms in total. The van der Waals surface area contributed by atoms with Gasteiger partial charge in [0.05, 0.1) is 5.56 Å². The molecule has 2 aromatic carbocycles. The number of rotatable bonds is 2. The largest absolute Gasteiger partial charge is 0.508 e. The van der Waals surface area contributed by atoms with E-state index in [2.05, 4.69) is 0 Å². The highest BCUT2D eigenvalue weighted by Crippen LogP contribution is 2.35. The first-order valence-electron chi connectivity index (χ1n) is 5.90. The van der Waals surface area contributed by atoms with Crippen LogP contribution in [0.25, 0.3) is 11.1 Å². The average molecular weight is 266 g/mol. The molecule has 1 N–H and O–H groups in total. The van der Waals surface area contributed by atoms with Crippen molar-refractivity contribution in [1.82, 2.24) is 0 Å². The first-order valence-corrected chi connectivity index (χ1v) is 5.90. The van der Waals surface area contributed by atoms with Crippen molar-refractivity contribution < 1.29 is 18.3 Å². The Balaban J connectivity index is 2.53. The van der Waals surface area contributed by atoms with Crippen LogP contribution in [0.1, 0.15) is 18.1 Å². The Morgan fingerprint density at radius 3 is 2.37 bits per heavy atom. The van der Waals surface area contributed by atoms with Crippen LogP contribution in [0.3, 0.4) is 0 Å². The molecule has 0 saturated heterocycles. The van der Waals surface area contributed by atoms with Gasteiger partial charge in [-0.15, -0.1) is 0 Å². The van der Waals surface area contributed by atoms with Crippen molar-refractivity contribution in [1.29, 1.82) is 0 Å². The standard InChI is InChI=1S/C15H13F3O/c1-2-10-4-3-5-11(6-10)12-7-13(15(16,17)18)9-14(19)8-12/h3-9,19H,2H2,1H3. The van der Waals surface area contributed by atoms with Crippen LogP contribution < -0.4 is 0 Å². The van der Waals surface area contributed by atoms with E-state index < -0.39 is 11.7 Å². The van der Waals surface area contributed by atoms with Gasteiger partial charge >= 0.3 is 6.18 Å². The third-order valence-corrected chi connectivity index (χ3v) is 2.91. The topological polar surface area (TPSA) is 20.2 Å². The van der Waals surface area contributed by atoms with E-state index in [0.717, 1.165) is 24.1 Å². The molecule has 19 heavy (non-hydrogen) atoms. The minimum absolute atomic E-state index is 0.364. The molecule has 0 atom stereocenters. The molecule has 0 radical (unpaired) electrons. The summed E-state index contributed by atoms with van der Waals surface area (Å²) in [5, 5.41) is 9.45. The maximum absolute atomic E-state index is 12.7. The Morgan fingerprint density at radius 1 is 1.00 bits per heavy atom. The molecule has 0 aromatic heterocycles. The molecule has 2 rings (SSSR count). The Kier molecular flexibility index (Phi) is 3.51. The second-order valence-electron chi connectivity index (χ2n) is 4.32. The summed E-state index contributed by atoms with van der Waals surface area (Å²) in [5.74, 6) is -0.383. The quantitative estimate of drug-likeness (QED) is 0.839. The molecule has 4 heteroatoms. The second kappa shape index (κ2) is 4.96. The smallest absolute Gasteiger partial charge is 0.416 e. The van der Waals surface area contributed by atoms with Crippen LogP contribution >= 0.6 is 0 Å². The van der Waals surface area contributed by atoms with Gasteiger partial charge in [0.25, 0.3) is 0 Å². The number of halogens is 3. The SMILES string of the molecule is CCc1cccc(-c2cc(O)cc(C(F)(F)F)c2)c1. The lowest BCUT2D eigenvalue weighted by Gasteiger charge is -2.10. The number of phenols is 1. The number of hydrogen-bond acceptors (Lipinski definition) is 1. The molecule has 0 spiro atoms. The zero-order chi connectivity index (χ0) is 14.0. The summed E-state index contributed by atoms with van der Waals surface area (Å²) in [4.78, 5) is 0. The van der Waals surface area contributed by atoms with E-state index in [1.165, 1.54) is 6.07 Å². The number of phenolic OH excluding ortho intramolecular Hbond substituents is 1. The lowest BCUT2D eigenvalue weighted by atomic mass is 10.00.